The molecule has 0 atom stereocenters. The molecule has 0 aromatic heterocycles. The van der Waals surface area contributed by atoms with Crippen molar-refractivity contribution in [1.29, 1.82) is 0 Å². The third-order valence-corrected chi connectivity index (χ3v) is 3.27. The van der Waals surface area contributed by atoms with E-state index in [0.717, 1.165) is 12.3 Å². The highest BCUT2D eigenvalue weighted by Gasteiger charge is 2.24. The van der Waals surface area contributed by atoms with Gasteiger partial charge in [-0.2, -0.15) is 4.99 Å². The van der Waals surface area contributed by atoms with Gasteiger partial charge in [-0.3, -0.25) is 4.99 Å². The fraction of sp³-hybridized carbons (Fsp3) is 0.429. The van der Waals surface area contributed by atoms with Gasteiger partial charge in [-0.05, 0) is 48.8 Å². The summed E-state index contributed by atoms with van der Waals surface area (Å²) in [5.41, 5.74) is 20.1. The molecular formula is C14H21N5. The Hall–Kier alpha value is -2.04. The maximum absolute atomic E-state index is 5.54. The fourth-order valence-electron chi connectivity index (χ4n) is 2.21. The van der Waals surface area contributed by atoms with Gasteiger partial charge < -0.3 is 17.2 Å². The van der Waals surface area contributed by atoms with Gasteiger partial charge in [-0.25, -0.2) is 0 Å². The van der Waals surface area contributed by atoms with E-state index in [-0.39, 0.29) is 11.9 Å². The number of nitrogens with zero attached hydrogens (tertiary/aromatic N) is 2. The first kappa shape index (κ1) is 13.4. The quantitative estimate of drug-likeness (QED) is 0.555. The minimum atomic E-state index is -0.0640. The van der Waals surface area contributed by atoms with E-state index < -0.39 is 0 Å². The molecule has 5 nitrogen and oxygen atoms in total. The summed E-state index contributed by atoms with van der Waals surface area (Å²) in [5, 5.41) is 0. The summed E-state index contributed by atoms with van der Waals surface area (Å²) >= 11 is 0. The molecule has 1 aliphatic carbocycles. The minimum absolute atomic E-state index is 0.0640. The second kappa shape index (κ2) is 5.73. The van der Waals surface area contributed by atoms with Gasteiger partial charge in [0.15, 0.2) is 5.96 Å². The molecule has 0 saturated heterocycles. The summed E-state index contributed by atoms with van der Waals surface area (Å²) in [6.45, 7) is 2.76. The molecule has 0 amide bonds. The number of guanidine groups is 2. The van der Waals surface area contributed by atoms with Gasteiger partial charge in [0.2, 0.25) is 5.96 Å². The van der Waals surface area contributed by atoms with Gasteiger partial charge in [0.25, 0.3) is 0 Å². The third-order valence-electron chi connectivity index (χ3n) is 3.27. The maximum Gasteiger partial charge on any atom is 0.218 e. The number of nitrogens with two attached hydrogens (primary N) is 3. The second-order valence-corrected chi connectivity index (χ2v) is 4.99. The predicted octanol–water partition coefficient (Wildman–Crippen LogP) is 1.00. The van der Waals surface area contributed by atoms with Crippen LogP contribution >= 0.6 is 0 Å². The Morgan fingerprint density at radius 1 is 1.26 bits per heavy atom. The average Bonchev–Trinajstić information content (AvgIpc) is 3.12. The van der Waals surface area contributed by atoms with E-state index in [2.05, 4.69) is 35.1 Å². The van der Waals surface area contributed by atoms with Gasteiger partial charge in [0.05, 0.1) is 0 Å². The van der Waals surface area contributed by atoms with Crippen molar-refractivity contribution < 1.29 is 0 Å². The molecule has 19 heavy (non-hydrogen) atoms. The van der Waals surface area contributed by atoms with Crippen molar-refractivity contribution in [1.82, 2.24) is 0 Å². The zero-order chi connectivity index (χ0) is 13.8. The number of rotatable bonds is 4. The van der Waals surface area contributed by atoms with Gasteiger partial charge in [-0.1, -0.05) is 18.2 Å². The number of benzene rings is 1. The van der Waals surface area contributed by atoms with Crippen LogP contribution in [-0.4, -0.2) is 18.5 Å². The van der Waals surface area contributed by atoms with Crippen molar-refractivity contribution in [2.75, 3.05) is 6.54 Å². The van der Waals surface area contributed by atoms with Gasteiger partial charge in [-0.15, -0.1) is 0 Å². The van der Waals surface area contributed by atoms with Crippen LogP contribution in [0.5, 0.6) is 0 Å². The Kier molecular flexibility index (Phi) is 4.04. The van der Waals surface area contributed by atoms with Crippen LogP contribution in [0.3, 0.4) is 0 Å². The maximum atomic E-state index is 5.54. The lowest BCUT2D eigenvalue weighted by atomic mass is 10.0. The Balaban J connectivity index is 1.93. The van der Waals surface area contributed by atoms with E-state index in [9.17, 15) is 0 Å². The van der Waals surface area contributed by atoms with Crippen LogP contribution in [0.25, 0.3) is 0 Å². The second-order valence-electron chi connectivity index (χ2n) is 4.99. The summed E-state index contributed by atoms with van der Waals surface area (Å²) in [6, 6.07) is 6.65. The van der Waals surface area contributed by atoms with Crippen LogP contribution in [0.1, 0.15) is 35.4 Å². The SMILES string of the molecule is Cc1cc(CCN=C(N)N=C(N)N)ccc1C1CC1. The minimum Gasteiger partial charge on any atom is -0.370 e. The summed E-state index contributed by atoms with van der Waals surface area (Å²) < 4.78 is 0. The highest BCUT2D eigenvalue weighted by atomic mass is 15.1. The molecule has 0 bridgehead atoms. The molecule has 102 valence electrons. The van der Waals surface area contributed by atoms with Crippen molar-refractivity contribution in [3.05, 3.63) is 34.9 Å². The topological polar surface area (TPSA) is 103 Å². The van der Waals surface area contributed by atoms with Crippen LogP contribution in [-0.2, 0) is 6.42 Å². The first-order valence-corrected chi connectivity index (χ1v) is 6.55. The molecule has 1 aromatic carbocycles. The smallest absolute Gasteiger partial charge is 0.218 e. The summed E-state index contributed by atoms with van der Waals surface area (Å²) in [5.74, 6) is 0.863. The van der Waals surface area contributed by atoms with Crippen molar-refractivity contribution in [3.8, 4) is 0 Å². The highest BCUT2D eigenvalue weighted by molar-refractivity contribution is 5.92. The normalized spacial score (nSPS) is 15.3. The molecule has 2 rings (SSSR count). The molecule has 0 radical (unpaired) electrons. The third kappa shape index (κ3) is 3.98. The van der Waals surface area contributed by atoms with Crippen LogP contribution in [0, 0.1) is 6.92 Å². The zero-order valence-electron chi connectivity index (χ0n) is 11.3. The Bertz CT molecular complexity index is 511. The van der Waals surface area contributed by atoms with Gasteiger partial charge >= 0.3 is 0 Å². The molecule has 5 heteroatoms. The van der Waals surface area contributed by atoms with Crippen LogP contribution in [0.2, 0.25) is 0 Å². The molecule has 1 aromatic rings. The predicted molar refractivity (Wildman–Crippen MR) is 79.2 cm³/mol. The first-order chi connectivity index (χ1) is 9.06. The molecule has 1 fully saturated rings. The van der Waals surface area contributed by atoms with Crippen LogP contribution < -0.4 is 17.2 Å². The van der Waals surface area contributed by atoms with E-state index in [4.69, 9.17) is 17.2 Å². The van der Waals surface area contributed by atoms with Crippen molar-refractivity contribution in [2.45, 2.75) is 32.1 Å². The highest BCUT2D eigenvalue weighted by Crippen LogP contribution is 2.41. The Labute approximate surface area is 113 Å². The average molecular weight is 259 g/mol. The Morgan fingerprint density at radius 3 is 2.58 bits per heavy atom. The van der Waals surface area contributed by atoms with Crippen molar-refractivity contribution in [3.63, 3.8) is 0 Å². The largest absolute Gasteiger partial charge is 0.370 e. The summed E-state index contributed by atoms with van der Waals surface area (Å²) in [6.07, 6.45) is 3.51. The molecular weight excluding hydrogens is 238 g/mol. The zero-order valence-corrected chi connectivity index (χ0v) is 11.3. The first-order valence-electron chi connectivity index (χ1n) is 6.55. The standard InChI is InChI=1S/C14H21N5/c1-9-8-10(2-5-12(9)11-3-4-11)6-7-18-14(17)19-13(15)16/h2,5,8,11H,3-4,6-7H2,1H3,(H6,15,16,17,18,19). The Morgan fingerprint density at radius 2 is 2.00 bits per heavy atom. The van der Waals surface area contributed by atoms with Crippen molar-refractivity contribution in [2.24, 2.45) is 27.2 Å². The van der Waals surface area contributed by atoms with Gasteiger partial charge in [0.1, 0.15) is 0 Å². The molecule has 1 saturated carbocycles. The molecule has 0 heterocycles. The monoisotopic (exact) mass is 259 g/mol. The van der Waals surface area contributed by atoms with E-state index >= 15 is 0 Å². The number of aryl methyl sites for hydroxylation is 1. The lowest BCUT2D eigenvalue weighted by molar-refractivity contribution is 0.954. The summed E-state index contributed by atoms with van der Waals surface area (Å²) in [4.78, 5) is 7.78. The van der Waals surface area contributed by atoms with E-state index in [1.54, 1.807) is 0 Å². The number of aliphatic imine (C=N–C) groups is 2. The lowest BCUT2D eigenvalue weighted by Crippen LogP contribution is -2.26. The molecule has 0 unspecified atom stereocenters. The molecule has 6 N–H and O–H groups in total. The summed E-state index contributed by atoms with van der Waals surface area (Å²) in [7, 11) is 0. The van der Waals surface area contributed by atoms with E-state index in [1.807, 2.05) is 0 Å². The fourth-order valence-corrected chi connectivity index (χ4v) is 2.21. The van der Waals surface area contributed by atoms with E-state index in [0.29, 0.717) is 6.54 Å². The van der Waals surface area contributed by atoms with Gasteiger partial charge in [0, 0.05) is 6.54 Å². The van der Waals surface area contributed by atoms with Crippen molar-refractivity contribution >= 4 is 11.9 Å². The lowest BCUT2D eigenvalue weighted by Gasteiger charge is -2.06. The van der Waals surface area contributed by atoms with E-state index in [1.165, 1.54) is 29.5 Å². The van der Waals surface area contributed by atoms with Crippen LogP contribution in [0.4, 0.5) is 0 Å². The molecule has 0 aliphatic heterocycles. The molecule has 0 spiro atoms. The molecule has 1 aliphatic rings. The number of hydrogen-bond acceptors (Lipinski definition) is 1. The number of hydrogen-bond donors (Lipinski definition) is 3. The van der Waals surface area contributed by atoms with Crippen LogP contribution in [0.15, 0.2) is 28.2 Å².